The van der Waals surface area contributed by atoms with Gasteiger partial charge in [-0.05, 0) is 12.5 Å². The first kappa shape index (κ1) is 25.2. The molecule has 1 N–H and O–H groups in total. The smallest absolute Gasteiger partial charge is 0.355 e. The van der Waals surface area contributed by atoms with Crippen molar-refractivity contribution >= 4 is 40.7 Å². The standard InChI is InChI=1S/C18H27F3N4OS.HI/c1-15(18(19,20)21)24-9-11-25(12-10-24)17(22-2)23-8-13-27(26)14-16-6-4-3-5-7-16;/h3-7,15H,8-14H2,1-2H3,(H,22,23);1H. The van der Waals surface area contributed by atoms with Gasteiger partial charge in [0.2, 0.25) is 0 Å². The Morgan fingerprint density at radius 2 is 1.82 bits per heavy atom. The fraction of sp³-hybridized carbons (Fsp3) is 0.611. The van der Waals surface area contributed by atoms with E-state index in [4.69, 9.17) is 0 Å². The maximum absolute atomic E-state index is 12.8. The predicted octanol–water partition coefficient (Wildman–Crippen LogP) is 2.70. The van der Waals surface area contributed by atoms with Crippen LogP contribution in [-0.4, -0.2) is 77.7 Å². The highest BCUT2D eigenvalue weighted by molar-refractivity contribution is 14.0. The van der Waals surface area contributed by atoms with Gasteiger partial charge in [-0.3, -0.25) is 14.1 Å². The van der Waals surface area contributed by atoms with Crippen LogP contribution < -0.4 is 5.32 Å². The number of nitrogens with zero attached hydrogens (tertiary/aromatic N) is 3. The lowest BCUT2D eigenvalue weighted by atomic mass is 10.2. The second-order valence-electron chi connectivity index (χ2n) is 6.49. The van der Waals surface area contributed by atoms with Crippen LogP contribution >= 0.6 is 24.0 Å². The van der Waals surface area contributed by atoms with Crippen molar-refractivity contribution < 1.29 is 17.4 Å². The first-order chi connectivity index (χ1) is 12.8. The van der Waals surface area contributed by atoms with E-state index in [1.165, 1.54) is 11.8 Å². The third kappa shape index (κ3) is 7.86. The summed E-state index contributed by atoms with van der Waals surface area (Å²) in [6, 6.07) is 8.23. The normalized spacial score (nSPS) is 18.3. The summed E-state index contributed by atoms with van der Waals surface area (Å²) in [5.41, 5.74) is 1.04. The summed E-state index contributed by atoms with van der Waals surface area (Å²) < 4.78 is 50.7. The summed E-state index contributed by atoms with van der Waals surface area (Å²) in [4.78, 5) is 7.59. The number of guanidine groups is 1. The van der Waals surface area contributed by atoms with E-state index in [-0.39, 0.29) is 24.0 Å². The highest BCUT2D eigenvalue weighted by Crippen LogP contribution is 2.25. The van der Waals surface area contributed by atoms with Gasteiger partial charge in [0.05, 0.1) is 0 Å². The Morgan fingerprint density at radius 1 is 1.21 bits per heavy atom. The maximum atomic E-state index is 12.8. The topological polar surface area (TPSA) is 47.9 Å². The largest absolute Gasteiger partial charge is 0.403 e. The van der Waals surface area contributed by atoms with Crippen LogP contribution in [-0.2, 0) is 16.6 Å². The van der Waals surface area contributed by atoms with Crippen LogP contribution in [0, 0.1) is 0 Å². The third-order valence-electron chi connectivity index (χ3n) is 4.63. The molecule has 1 fully saturated rings. The lowest BCUT2D eigenvalue weighted by Gasteiger charge is -2.39. The number of piperazine rings is 1. The molecule has 1 aliphatic heterocycles. The molecule has 1 saturated heterocycles. The van der Waals surface area contributed by atoms with E-state index in [0.29, 0.717) is 50.2 Å². The van der Waals surface area contributed by atoms with Crippen molar-refractivity contribution in [1.82, 2.24) is 15.1 Å². The van der Waals surface area contributed by atoms with Gasteiger partial charge in [0.1, 0.15) is 6.04 Å². The van der Waals surface area contributed by atoms with Gasteiger partial charge in [-0.1, -0.05) is 30.3 Å². The molecule has 28 heavy (non-hydrogen) atoms. The molecule has 0 amide bonds. The Hall–Kier alpha value is -0.880. The van der Waals surface area contributed by atoms with Crippen molar-refractivity contribution in [3.05, 3.63) is 35.9 Å². The number of aliphatic imine (C=N–C) groups is 1. The summed E-state index contributed by atoms with van der Waals surface area (Å²) in [5, 5.41) is 3.17. The van der Waals surface area contributed by atoms with Crippen LogP contribution in [0.5, 0.6) is 0 Å². The maximum Gasteiger partial charge on any atom is 0.403 e. The summed E-state index contributed by atoms with van der Waals surface area (Å²) in [6.45, 7) is 3.33. The molecule has 0 saturated carbocycles. The Bertz CT molecular complexity index is 637. The molecule has 0 radical (unpaired) electrons. The van der Waals surface area contributed by atoms with Crippen LogP contribution in [0.1, 0.15) is 12.5 Å². The first-order valence-corrected chi connectivity index (χ1v) is 10.5. The van der Waals surface area contributed by atoms with Gasteiger partial charge >= 0.3 is 6.18 Å². The number of hydrogen-bond donors (Lipinski definition) is 1. The van der Waals surface area contributed by atoms with E-state index in [1.54, 1.807) is 7.05 Å². The first-order valence-electron chi connectivity index (χ1n) is 8.96. The molecular formula is C18H28F3IN4OS. The number of nitrogens with one attached hydrogen (secondary N) is 1. The van der Waals surface area contributed by atoms with Crippen molar-refractivity contribution in [2.24, 2.45) is 4.99 Å². The molecular weight excluding hydrogens is 504 g/mol. The Labute approximate surface area is 184 Å². The number of hydrogen-bond acceptors (Lipinski definition) is 3. The van der Waals surface area contributed by atoms with Crippen molar-refractivity contribution in [2.45, 2.75) is 24.9 Å². The zero-order valence-electron chi connectivity index (χ0n) is 16.1. The van der Waals surface area contributed by atoms with Gasteiger partial charge < -0.3 is 10.2 Å². The molecule has 0 aromatic heterocycles. The second-order valence-corrected chi connectivity index (χ2v) is 8.07. The Morgan fingerprint density at radius 3 is 2.36 bits per heavy atom. The molecule has 1 aliphatic rings. The van der Waals surface area contributed by atoms with Gasteiger partial charge in [0.25, 0.3) is 0 Å². The van der Waals surface area contributed by atoms with E-state index in [0.717, 1.165) is 5.56 Å². The number of benzene rings is 1. The molecule has 0 spiro atoms. The van der Waals surface area contributed by atoms with Crippen LogP contribution in [0.2, 0.25) is 0 Å². The van der Waals surface area contributed by atoms with Gasteiger partial charge in [0.15, 0.2) is 5.96 Å². The molecule has 2 unspecified atom stereocenters. The molecule has 160 valence electrons. The van der Waals surface area contributed by atoms with Gasteiger partial charge in [-0.15, -0.1) is 24.0 Å². The lowest BCUT2D eigenvalue weighted by molar-refractivity contribution is -0.181. The molecule has 1 aromatic rings. The summed E-state index contributed by atoms with van der Waals surface area (Å²) >= 11 is 0. The molecule has 0 aliphatic carbocycles. The quantitative estimate of drug-likeness (QED) is 0.348. The monoisotopic (exact) mass is 532 g/mol. The highest BCUT2D eigenvalue weighted by atomic mass is 127. The molecule has 2 atom stereocenters. The van der Waals surface area contributed by atoms with Crippen LogP contribution in [0.4, 0.5) is 13.2 Å². The summed E-state index contributed by atoms with van der Waals surface area (Å²) in [6.07, 6.45) is -4.20. The number of rotatable bonds is 6. The number of alkyl halides is 3. The average molecular weight is 532 g/mol. The lowest BCUT2D eigenvalue weighted by Crippen LogP contribution is -2.57. The minimum Gasteiger partial charge on any atom is -0.355 e. The zero-order valence-corrected chi connectivity index (χ0v) is 19.3. The van der Waals surface area contributed by atoms with Crippen LogP contribution in [0.15, 0.2) is 35.3 Å². The SMILES string of the molecule is CN=C(NCCS(=O)Cc1ccccc1)N1CCN(C(C)C(F)(F)F)CC1.I. The molecule has 5 nitrogen and oxygen atoms in total. The highest BCUT2D eigenvalue weighted by Gasteiger charge is 2.41. The molecule has 10 heteroatoms. The fourth-order valence-electron chi connectivity index (χ4n) is 2.97. The van der Waals surface area contributed by atoms with Crippen molar-refractivity contribution in [1.29, 1.82) is 0 Å². The minimum absolute atomic E-state index is 0. The van der Waals surface area contributed by atoms with E-state index >= 15 is 0 Å². The molecule has 1 heterocycles. The summed E-state index contributed by atoms with van der Waals surface area (Å²) in [7, 11) is 0.661. The van der Waals surface area contributed by atoms with Gasteiger partial charge in [0, 0.05) is 62.1 Å². The van der Waals surface area contributed by atoms with E-state index in [2.05, 4.69) is 10.3 Å². The predicted molar refractivity (Wildman–Crippen MR) is 119 cm³/mol. The second kappa shape index (κ2) is 12.0. The van der Waals surface area contributed by atoms with Crippen molar-refractivity contribution in [3.63, 3.8) is 0 Å². The molecule has 2 rings (SSSR count). The van der Waals surface area contributed by atoms with E-state index in [9.17, 15) is 17.4 Å². The average Bonchev–Trinajstić information content (AvgIpc) is 2.65. The van der Waals surface area contributed by atoms with Gasteiger partial charge in [-0.2, -0.15) is 13.2 Å². The van der Waals surface area contributed by atoms with E-state index < -0.39 is 23.0 Å². The van der Waals surface area contributed by atoms with Crippen molar-refractivity contribution in [2.75, 3.05) is 45.5 Å². The Kier molecular flexibility index (Phi) is 10.7. The minimum atomic E-state index is -4.20. The van der Waals surface area contributed by atoms with Crippen molar-refractivity contribution in [3.8, 4) is 0 Å². The Balaban J connectivity index is 0.00000392. The van der Waals surface area contributed by atoms with Crippen LogP contribution in [0.3, 0.4) is 0 Å². The summed E-state index contributed by atoms with van der Waals surface area (Å²) in [5.74, 6) is 1.64. The van der Waals surface area contributed by atoms with Gasteiger partial charge in [-0.25, -0.2) is 0 Å². The zero-order chi connectivity index (χ0) is 19.9. The third-order valence-corrected chi connectivity index (χ3v) is 5.95. The van der Waals surface area contributed by atoms with Crippen LogP contribution in [0.25, 0.3) is 0 Å². The molecule has 1 aromatic carbocycles. The van der Waals surface area contributed by atoms with E-state index in [1.807, 2.05) is 35.2 Å². The molecule has 0 bridgehead atoms. The fourth-order valence-corrected chi connectivity index (χ4v) is 4.01. The number of halogens is 4.